The molecular weight excluding hydrogens is 448 g/mol. The molecule has 0 aliphatic heterocycles. The van der Waals surface area contributed by atoms with Gasteiger partial charge in [0.25, 0.3) is 5.91 Å². The fraction of sp³-hybridized carbons (Fsp3) is 0.222. The van der Waals surface area contributed by atoms with Crippen LogP contribution >= 0.6 is 0 Å². The Morgan fingerprint density at radius 1 is 0.971 bits per heavy atom. The van der Waals surface area contributed by atoms with Gasteiger partial charge in [-0.25, -0.2) is 4.79 Å². The highest BCUT2D eigenvalue weighted by Crippen LogP contribution is 2.44. The van der Waals surface area contributed by atoms with E-state index >= 15 is 0 Å². The Morgan fingerprint density at radius 3 is 2.20 bits per heavy atom. The first-order chi connectivity index (χ1) is 16.9. The van der Waals surface area contributed by atoms with E-state index in [4.69, 9.17) is 14.6 Å². The molecule has 0 saturated heterocycles. The van der Waals surface area contributed by atoms with Crippen molar-refractivity contribution in [2.24, 2.45) is 5.92 Å². The van der Waals surface area contributed by atoms with E-state index < -0.39 is 23.9 Å². The van der Waals surface area contributed by atoms with Crippen molar-refractivity contribution < 1.29 is 29.0 Å². The maximum Gasteiger partial charge on any atom is 0.411 e. The molecule has 1 aliphatic carbocycles. The van der Waals surface area contributed by atoms with Crippen molar-refractivity contribution in [1.29, 1.82) is 0 Å². The number of methoxy groups -OCH3 is 1. The Balaban J connectivity index is 1.47. The Morgan fingerprint density at radius 2 is 1.60 bits per heavy atom. The van der Waals surface area contributed by atoms with Crippen molar-refractivity contribution in [3.8, 4) is 16.9 Å². The summed E-state index contributed by atoms with van der Waals surface area (Å²) >= 11 is 0. The van der Waals surface area contributed by atoms with Gasteiger partial charge in [-0.2, -0.15) is 0 Å². The molecule has 180 valence electrons. The first kappa shape index (κ1) is 23.8. The fourth-order valence-electron chi connectivity index (χ4n) is 4.12. The predicted octanol–water partition coefficient (Wildman–Crippen LogP) is 4.51. The number of nitrogens with one attached hydrogen (secondary N) is 2. The van der Waals surface area contributed by atoms with Gasteiger partial charge in [0, 0.05) is 12.5 Å². The number of carbonyl (C=O) groups excluding carboxylic acids is 2. The van der Waals surface area contributed by atoms with Gasteiger partial charge < -0.3 is 19.9 Å². The number of rotatable bonds is 8. The van der Waals surface area contributed by atoms with Crippen LogP contribution in [0.15, 0.2) is 66.7 Å². The highest BCUT2D eigenvalue weighted by molar-refractivity contribution is 6.03. The summed E-state index contributed by atoms with van der Waals surface area (Å²) in [7, 11) is 1.46. The number of anilines is 1. The first-order valence-electron chi connectivity index (χ1n) is 11.2. The summed E-state index contributed by atoms with van der Waals surface area (Å²) < 4.78 is 10.8. The van der Waals surface area contributed by atoms with E-state index in [0.29, 0.717) is 5.75 Å². The molecule has 0 heterocycles. The molecule has 1 unspecified atom stereocenters. The molecule has 0 bridgehead atoms. The molecule has 0 saturated carbocycles. The zero-order chi connectivity index (χ0) is 24.9. The van der Waals surface area contributed by atoms with Gasteiger partial charge in [0.1, 0.15) is 12.4 Å². The number of hydrogen-bond donors (Lipinski definition) is 3. The molecule has 1 atom stereocenters. The Hall–Kier alpha value is -4.33. The quantitative estimate of drug-likeness (QED) is 0.443. The third-order valence-corrected chi connectivity index (χ3v) is 6.04. The fourth-order valence-corrected chi connectivity index (χ4v) is 4.12. The molecule has 0 spiro atoms. The van der Waals surface area contributed by atoms with Crippen LogP contribution in [-0.4, -0.2) is 43.3 Å². The molecule has 1 aliphatic rings. The van der Waals surface area contributed by atoms with E-state index in [2.05, 4.69) is 22.8 Å². The lowest BCUT2D eigenvalue weighted by Crippen LogP contribution is -2.32. The van der Waals surface area contributed by atoms with E-state index in [1.54, 1.807) is 6.07 Å². The number of fused-ring (bicyclic) bond motifs is 3. The lowest BCUT2D eigenvalue weighted by Gasteiger charge is -2.16. The molecule has 35 heavy (non-hydrogen) atoms. The van der Waals surface area contributed by atoms with Crippen LogP contribution in [-0.2, 0) is 9.53 Å². The lowest BCUT2D eigenvalue weighted by molar-refractivity contribution is -0.140. The standard InChI is InChI=1S/C27H26N2O6/c1-16(26(31)32)14-28-25(30)22-13-17(34-2)11-12-24(22)29-27(33)35-15-23-20-9-5-3-7-18(20)19-8-4-6-10-21(19)23/h3-13,16,23H,14-15H2,1-2H3,(H,28,30)(H,29,33)(H,31,32). The minimum absolute atomic E-state index is 0.0598. The van der Waals surface area contributed by atoms with Crippen molar-refractivity contribution >= 4 is 23.7 Å². The Bertz CT molecular complexity index is 1230. The van der Waals surface area contributed by atoms with Gasteiger partial charge in [0.2, 0.25) is 0 Å². The van der Waals surface area contributed by atoms with Gasteiger partial charge >= 0.3 is 12.1 Å². The van der Waals surface area contributed by atoms with Crippen LogP contribution in [0.2, 0.25) is 0 Å². The average Bonchev–Trinajstić information content (AvgIpc) is 3.19. The number of aliphatic carboxylic acids is 1. The zero-order valence-corrected chi connectivity index (χ0v) is 19.4. The first-order valence-corrected chi connectivity index (χ1v) is 11.2. The number of amides is 2. The average molecular weight is 475 g/mol. The summed E-state index contributed by atoms with van der Waals surface area (Å²) in [5, 5.41) is 14.3. The van der Waals surface area contributed by atoms with Gasteiger partial charge in [-0.3, -0.25) is 14.9 Å². The Labute approximate surface area is 202 Å². The number of benzene rings is 3. The number of carboxylic acids is 1. The molecule has 3 aromatic rings. The van der Waals surface area contributed by atoms with E-state index in [1.807, 2.05) is 36.4 Å². The van der Waals surface area contributed by atoms with Crippen LogP contribution < -0.4 is 15.4 Å². The number of hydrogen-bond acceptors (Lipinski definition) is 5. The SMILES string of the molecule is COc1ccc(NC(=O)OCC2c3ccccc3-c3ccccc32)c(C(=O)NCC(C)C(=O)O)c1. The van der Waals surface area contributed by atoms with E-state index in [0.717, 1.165) is 22.3 Å². The maximum atomic E-state index is 12.7. The molecule has 0 fully saturated rings. The molecule has 0 radical (unpaired) electrons. The second kappa shape index (κ2) is 10.3. The summed E-state index contributed by atoms with van der Waals surface area (Å²) in [5.41, 5.74) is 4.81. The molecule has 4 rings (SSSR count). The third kappa shape index (κ3) is 5.11. The largest absolute Gasteiger partial charge is 0.497 e. The van der Waals surface area contributed by atoms with Crippen LogP contribution in [0.5, 0.6) is 5.75 Å². The monoisotopic (exact) mass is 474 g/mol. The Kier molecular flexibility index (Phi) is 7.01. The van der Waals surface area contributed by atoms with Gasteiger partial charge in [-0.05, 0) is 40.5 Å². The van der Waals surface area contributed by atoms with Gasteiger partial charge in [0.05, 0.1) is 24.3 Å². The van der Waals surface area contributed by atoms with Crippen LogP contribution in [0, 0.1) is 5.92 Å². The molecule has 3 N–H and O–H groups in total. The highest BCUT2D eigenvalue weighted by Gasteiger charge is 2.29. The van der Waals surface area contributed by atoms with Crippen LogP contribution in [0.25, 0.3) is 11.1 Å². The zero-order valence-electron chi connectivity index (χ0n) is 19.4. The molecule has 2 amide bonds. The smallest absolute Gasteiger partial charge is 0.411 e. The van der Waals surface area contributed by atoms with Crippen LogP contribution in [0.3, 0.4) is 0 Å². The summed E-state index contributed by atoms with van der Waals surface area (Å²) in [6.07, 6.45) is -0.704. The summed E-state index contributed by atoms with van der Waals surface area (Å²) in [4.78, 5) is 36.5. The van der Waals surface area contributed by atoms with E-state index in [-0.39, 0.29) is 30.3 Å². The molecule has 8 heteroatoms. The summed E-state index contributed by atoms with van der Waals surface area (Å²) in [6, 6.07) is 20.7. The number of carbonyl (C=O) groups is 3. The van der Waals surface area contributed by atoms with Crippen LogP contribution in [0.4, 0.5) is 10.5 Å². The number of ether oxygens (including phenoxy) is 2. The lowest BCUT2D eigenvalue weighted by atomic mass is 9.98. The second-order valence-corrected chi connectivity index (χ2v) is 8.31. The molecule has 3 aromatic carbocycles. The van der Waals surface area contributed by atoms with Crippen molar-refractivity contribution in [1.82, 2.24) is 5.32 Å². The summed E-state index contributed by atoms with van der Waals surface area (Å²) in [6.45, 7) is 1.56. The van der Waals surface area contributed by atoms with Crippen molar-refractivity contribution in [3.05, 3.63) is 83.4 Å². The topological polar surface area (TPSA) is 114 Å². The maximum absolute atomic E-state index is 12.7. The van der Waals surface area contributed by atoms with Crippen LogP contribution in [0.1, 0.15) is 34.3 Å². The highest BCUT2D eigenvalue weighted by atomic mass is 16.5. The third-order valence-electron chi connectivity index (χ3n) is 6.04. The molecule has 0 aromatic heterocycles. The van der Waals surface area contributed by atoms with Gasteiger partial charge in [-0.1, -0.05) is 55.5 Å². The minimum atomic E-state index is -1.02. The van der Waals surface area contributed by atoms with Crippen molar-refractivity contribution in [3.63, 3.8) is 0 Å². The van der Waals surface area contributed by atoms with Gasteiger partial charge in [-0.15, -0.1) is 0 Å². The van der Waals surface area contributed by atoms with Crippen molar-refractivity contribution in [2.45, 2.75) is 12.8 Å². The second-order valence-electron chi connectivity index (χ2n) is 8.31. The normalized spacial score (nSPS) is 12.7. The van der Waals surface area contributed by atoms with E-state index in [1.165, 1.54) is 26.2 Å². The van der Waals surface area contributed by atoms with E-state index in [9.17, 15) is 14.4 Å². The minimum Gasteiger partial charge on any atom is -0.497 e. The predicted molar refractivity (Wildman–Crippen MR) is 131 cm³/mol. The van der Waals surface area contributed by atoms with Crippen molar-refractivity contribution in [2.75, 3.05) is 25.6 Å². The molecule has 8 nitrogen and oxygen atoms in total. The number of carboxylic acid groups (broad SMARTS) is 1. The molecular formula is C27H26N2O6. The van der Waals surface area contributed by atoms with Gasteiger partial charge in [0.15, 0.2) is 0 Å². The summed E-state index contributed by atoms with van der Waals surface area (Å²) in [5.74, 6) is -1.99.